The summed E-state index contributed by atoms with van der Waals surface area (Å²) in [5, 5.41) is 29.2. The number of hydrogen-bond donors (Lipinski definition) is 7. The number of thiol groups is 1. The highest BCUT2D eigenvalue weighted by Crippen LogP contribution is 2.25. The van der Waals surface area contributed by atoms with Crippen molar-refractivity contribution in [3.63, 3.8) is 0 Å². The van der Waals surface area contributed by atoms with Gasteiger partial charge in [0.25, 0.3) is 0 Å². The molecule has 1 aromatic carbocycles. The van der Waals surface area contributed by atoms with Crippen LogP contribution in [0.15, 0.2) is 24.3 Å². The van der Waals surface area contributed by atoms with Crippen molar-refractivity contribution in [3.8, 4) is 0 Å². The van der Waals surface area contributed by atoms with Gasteiger partial charge in [-0.3, -0.25) is 28.8 Å². The standard InChI is InChI=1S/C29H43ClN4O8S/c1-17(2)13-21(28(42)34-22(16-43)26(40)31-12-11-18-7-5-6-8-19(18)30)33-27(41)20(9-10-24(36)37)32-23(35)14-29(3,4)15-25(38)39/h5-8,17,20-22,43H,9-16H2,1-4H3,(H,31,40)(H,32,35)(H,33,41)(H,34,42)(H,36,37)(H,38,39)/t20-,21-,22-/m0/s1. The quantitative estimate of drug-likeness (QED) is 0.112. The Morgan fingerprint density at radius 1 is 0.860 bits per heavy atom. The van der Waals surface area contributed by atoms with Gasteiger partial charge in [-0.1, -0.05) is 57.5 Å². The Morgan fingerprint density at radius 2 is 1.47 bits per heavy atom. The van der Waals surface area contributed by atoms with Crippen LogP contribution in [0.5, 0.6) is 0 Å². The highest BCUT2D eigenvalue weighted by Gasteiger charge is 2.32. The molecule has 12 nitrogen and oxygen atoms in total. The van der Waals surface area contributed by atoms with E-state index in [-0.39, 0.29) is 43.9 Å². The number of benzene rings is 1. The Balaban J connectivity index is 2.93. The maximum atomic E-state index is 13.2. The smallest absolute Gasteiger partial charge is 0.303 e. The van der Waals surface area contributed by atoms with Gasteiger partial charge < -0.3 is 31.5 Å². The third-order valence-electron chi connectivity index (χ3n) is 6.37. The Labute approximate surface area is 262 Å². The number of halogens is 1. The molecule has 0 saturated heterocycles. The van der Waals surface area contributed by atoms with Gasteiger partial charge in [0, 0.05) is 30.2 Å². The lowest BCUT2D eigenvalue weighted by Gasteiger charge is -2.27. The van der Waals surface area contributed by atoms with Crippen molar-refractivity contribution in [3.05, 3.63) is 34.9 Å². The first-order chi connectivity index (χ1) is 20.0. The van der Waals surface area contributed by atoms with Crippen LogP contribution in [-0.2, 0) is 35.2 Å². The molecular weight excluding hydrogens is 600 g/mol. The molecule has 0 saturated carbocycles. The second kappa shape index (κ2) is 18.4. The SMILES string of the molecule is CC(C)C[C@H](NC(=O)[C@H](CCC(=O)O)NC(=O)CC(C)(C)CC(=O)O)C(=O)N[C@@H](CS)C(=O)NCCc1ccccc1Cl. The largest absolute Gasteiger partial charge is 0.481 e. The van der Waals surface area contributed by atoms with Crippen LogP contribution in [0.25, 0.3) is 0 Å². The van der Waals surface area contributed by atoms with E-state index in [1.807, 2.05) is 26.0 Å². The molecule has 0 fully saturated rings. The molecule has 6 N–H and O–H groups in total. The second-order valence-corrected chi connectivity index (χ2v) is 12.3. The molecule has 14 heteroatoms. The van der Waals surface area contributed by atoms with Crippen LogP contribution in [0.2, 0.25) is 5.02 Å². The van der Waals surface area contributed by atoms with Gasteiger partial charge in [-0.2, -0.15) is 12.6 Å². The van der Waals surface area contributed by atoms with Crippen LogP contribution in [0, 0.1) is 11.3 Å². The summed E-state index contributed by atoms with van der Waals surface area (Å²) >= 11 is 10.4. The van der Waals surface area contributed by atoms with E-state index in [1.165, 1.54) is 0 Å². The summed E-state index contributed by atoms with van der Waals surface area (Å²) in [6, 6.07) is 3.83. The average Bonchev–Trinajstić information content (AvgIpc) is 2.88. The van der Waals surface area contributed by atoms with Crippen molar-refractivity contribution in [1.29, 1.82) is 0 Å². The number of aliphatic carboxylic acids is 2. The van der Waals surface area contributed by atoms with Crippen LogP contribution in [0.1, 0.15) is 65.4 Å². The van der Waals surface area contributed by atoms with Gasteiger partial charge in [0.2, 0.25) is 23.6 Å². The number of rotatable bonds is 19. The van der Waals surface area contributed by atoms with Gasteiger partial charge in [0.05, 0.1) is 6.42 Å². The fourth-order valence-corrected chi connectivity index (χ4v) is 4.76. The third-order valence-corrected chi connectivity index (χ3v) is 7.11. The lowest BCUT2D eigenvalue weighted by atomic mass is 9.85. The van der Waals surface area contributed by atoms with Gasteiger partial charge >= 0.3 is 11.9 Å². The van der Waals surface area contributed by atoms with Crippen molar-refractivity contribution in [2.75, 3.05) is 12.3 Å². The Bertz CT molecular complexity index is 1150. The van der Waals surface area contributed by atoms with Crippen LogP contribution in [0.4, 0.5) is 0 Å². The van der Waals surface area contributed by atoms with E-state index in [1.54, 1.807) is 26.0 Å². The van der Waals surface area contributed by atoms with Gasteiger partial charge in [0.1, 0.15) is 18.1 Å². The molecule has 0 aliphatic carbocycles. The van der Waals surface area contributed by atoms with Gasteiger partial charge in [-0.25, -0.2) is 0 Å². The summed E-state index contributed by atoms with van der Waals surface area (Å²) in [6.45, 7) is 7.10. The molecule has 1 rings (SSSR count). The highest BCUT2D eigenvalue weighted by molar-refractivity contribution is 7.80. The number of amides is 4. The summed E-state index contributed by atoms with van der Waals surface area (Å²) < 4.78 is 0. The molecule has 0 bridgehead atoms. The molecule has 0 unspecified atom stereocenters. The first kappa shape index (κ1) is 37.7. The molecule has 0 aliphatic rings. The minimum absolute atomic E-state index is 0.0184. The summed E-state index contributed by atoms with van der Waals surface area (Å²) in [6.07, 6.45) is -0.536. The minimum atomic E-state index is -1.29. The van der Waals surface area contributed by atoms with Crippen molar-refractivity contribution < 1.29 is 39.0 Å². The predicted octanol–water partition coefficient (Wildman–Crippen LogP) is 2.18. The number of carbonyl (C=O) groups is 6. The van der Waals surface area contributed by atoms with Crippen LogP contribution in [0.3, 0.4) is 0 Å². The van der Waals surface area contributed by atoms with E-state index in [0.717, 1.165) is 5.56 Å². The summed E-state index contributed by atoms with van der Waals surface area (Å²) in [7, 11) is 0. The van der Waals surface area contributed by atoms with E-state index in [9.17, 15) is 28.8 Å². The lowest BCUT2D eigenvalue weighted by Crippen LogP contribution is -2.57. The molecule has 0 spiro atoms. The molecule has 0 aliphatic heterocycles. The summed E-state index contributed by atoms with van der Waals surface area (Å²) in [4.78, 5) is 74.2. The molecule has 43 heavy (non-hydrogen) atoms. The molecule has 240 valence electrons. The van der Waals surface area contributed by atoms with E-state index in [4.69, 9.17) is 21.8 Å². The topological polar surface area (TPSA) is 191 Å². The monoisotopic (exact) mass is 642 g/mol. The third kappa shape index (κ3) is 15.1. The van der Waals surface area contributed by atoms with Crippen molar-refractivity contribution in [2.45, 2.75) is 84.3 Å². The Hall–Kier alpha value is -3.32. The number of hydrogen-bond acceptors (Lipinski definition) is 7. The Kier molecular flexibility index (Phi) is 16.1. The van der Waals surface area contributed by atoms with Crippen LogP contribution in [-0.4, -0.2) is 76.2 Å². The molecule has 4 amide bonds. The van der Waals surface area contributed by atoms with E-state index < -0.39 is 65.5 Å². The summed E-state index contributed by atoms with van der Waals surface area (Å²) in [5.41, 5.74) is -0.0646. The van der Waals surface area contributed by atoms with Crippen molar-refractivity contribution in [2.24, 2.45) is 11.3 Å². The zero-order valence-corrected chi connectivity index (χ0v) is 26.6. The van der Waals surface area contributed by atoms with Gasteiger partial charge in [-0.15, -0.1) is 0 Å². The fourth-order valence-electron chi connectivity index (χ4n) is 4.27. The van der Waals surface area contributed by atoms with Crippen LogP contribution >= 0.6 is 24.2 Å². The molecular formula is C29H43ClN4O8S. The number of carboxylic acid groups (broad SMARTS) is 2. The minimum Gasteiger partial charge on any atom is -0.481 e. The number of carbonyl (C=O) groups excluding carboxylic acids is 4. The zero-order chi connectivity index (χ0) is 32.7. The lowest BCUT2D eigenvalue weighted by molar-refractivity contribution is -0.141. The predicted molar refractivity (Wildman–Crippen MR) is 165 cm³/mol. The van der Waals surface area contributed by atoms with Crippen molar-refractivity contribution >= 4 is 59.8 Å². The van der Waals surface area contributed by atoms with Gasteiger partial charge in [-0.05, 0) is 42.2 Å². The second-order valence-electron chi connectivity index (χ2n) is 11.5. The fraction of sp³-hybridized carbons (Fsp3) is 0.586. The molecule has 0 radical (unpaired) electrons. The number of carboxylic acids is 2. The molecule has 1 aromatic rings. The van der Waals surface area contributed by atoms with E-state index >= 15 is 0 Å². The highest BCUT2D eigenvalue weighted by atomic mass is 35.5. The molecule has 0 aromatic heterocycles. The Morgan fingerprint density at radius 3 is 2.02 bits per heavy atom. The maximum Gasteiger partial charge on any atom is 0.303 e. The molecule has 0 heterocycles. The summed E-state index contributed by atoms with van der Waals surface area (Å²) in [5.74, 6) is -4.88. The van der Waals surface area contributed by atoms with E-state index in [0.29, 0.717) is 11.4 Å². The first-order valence-corrected chi connectivity index (χ1v) is 15.0. The van der Waals surface area contributed by atoms with E-state index in [2.05, 4.69) is 33.9 Å². The van der Waals surface area contributed by atoms with Crippen molar-refractivity contribution in [1.82, 2.24) is 21.3 Å². The van der Waals surface area contributed by atoms with Gasteiger partial charge in [0.15, 0.2) is 0 Å². The average molecular weight is 643 g/mol. The zero-order valence-electron chi connectivity index (χ0n) is 24.9. The normalized spacial score (nSPS) is 13.4. The first-order valence-electron chi connectivity index (χ1n) is 14.0. The molecule has 3 atom stereocenters. The number of nitrogens with one attached hydrogen (secondary N) is 4. The van der Waals surface area contributed by atoms with Crippen LogP contribution < -0.4 is 21.3 Å². The maximum absolute atomic E-state index is 13.2.